The molecule has 0 spiro atoms. The Labute approximate surface area is 112 Å². The molecule has 0 atom stereocenters. The van der Waals surface area contributed by atoms with Gasteiger partial charge in [0, 0.05) is 25.5 Å². The summed E-state index contributed by atoms with van der Waals surface area (Å²) >= 11 is 0. The lowest BCUT2D eigenvalue weighted by molar-refractivity contribution is -0.121. The van der Waals surface area contributed by atoms with Gasteiger partial charge in [0.2, 0.25) is 5.91 Å². The van der Waals surface area contributed by atoms with Gasteiger partial charge in [0.05, 0.1) is 26.3 Å². The second-order valence-corrected chi connectivity index (χ2v) is 4.22. The monoisotopic (exact) mass is 262 g/mol. The van der Waals surface area contributed by atoms with Gasteiger partial charge in [0.1, 0.15) is 6.54 Å². The van der Waals surface area contributed by atoms with Crippen LogP contribution in [0.25, 0.3) is 0 Å². The molecule has 102 valence electrons. The maximum atomic E-state index is 11.5. The summed E-state index contributed by atoms with van der Waals surface area (Å²) < 4.78 is 6.83. The quantitative estimate of drug-likeness (QED) is 0.732. The van der Waals surface area contributed by atoms with Crippen LogP contribution < -0.4 is 5.32 Å². The van der Waals surface area contributed by atoms with E-state index in [-0.39, 0.29) is 12.5 Å². The van der Waals surface area contributed by atoms with Crippen molar-refractivity contribution in [1.29, 1.82) is 0 Å². The van der Waals surface area contributed by atoms with Crippen LogP contribution in [0.1, 0.15) is 0 Å². The highest BCUT2D eigenvalue weighted by Crippen LogP contribution is 1.94. The highest BCUT2D eigenvalue weighted by Gasteiger charge is 2.07. The molecule has 19 heavy (non-hydrogen) atoms. The molecule has 2 heterocycles. The van der Waals surface area contributed by atoms with Gasteiger partial charge in [-0.3, -0.25) is 14.4 Å². The number of nitrogens with one attached hydrogen (secondary N) is 1. The number of ether oxygens (including phenoxy) is 1. The van der Waals surface area contributed by atoms with Gasteiger partial charge in [-0.1, -0.05) is 11.8 Å². The topological polar surface area (TPSA) is 59.4 Å². The molecule has 2 rings (SSSR count). The molecule has 6 nitrogen and oxygen atoms in total. The SMILES string of the molecule is O=C(Cn1cccn1)NCC#CCN1CCOCC1. The van der Waals surface area contributed by atoms with Crippen LogP contribution in [0.4, 0.5) is 0 Å². The van der Waals surface area contributed by atoms with Gasteiger partial charge >= 0.3 is 0 Å². The Kier molecular flexibility index (Phi) is 5.41. The Bertz CT molecular complexity index is 441. The summed E-state index contributed by atoms with van der Waals surface area (Å²) in [5, 5.41) is 6.71. The van der Waals surface area contributed by atoms with Gasteiger partial charge in [-0.2, -0.15) is 5.10 Å². The van der Waals surface area contributed by atoms with Gasteiger partial charge in [-0.15, -0.1) is 0 Å². The van der Waals surface area contributed by atoms with Gasteiger partial charge in [0.25, 0.3) is 0 Å². The van der Waals surface area contributed by atoms with Crippen molar-refractivity contribution in [2.75, 3.05) is 39.4 Å². The van der Waals surface area contributed by atoms with E-state index in [1.807, 2.05) is 0 Å². The molecule has 1 N–H and O–H groups in total. The molecule has 1 saturated heterocycles. The molecule has 1 aromatic rings. The summed E-state index contributed by atoms with van der Waals surface area (Å²) in [6.07, 6.45) is 3.40. The van der Waals surface area contributed by atoms with E-state index in [9.17, 15) is 4.79 Å². The first-order valence-corrected chi connectivity index (χ1v) is 6.34. The fourth-order valence-electron chi connectivity index (χ4n) is 1.73. The van der Waals surface area contributed by atoms with Gasteiger partial charge in [0.15, 0.2) is 0 Å². The number of morpholine rings is 1. The minimum absolute atomic E-state index is 0.0793. The van der Waals surface area contributed by atoms with Crippen molar-refractivity contribution in [3.63, 3.8) is 0 Å². The molecule has 0 unspecified atom stereocenters. The second kappa shape index (κ2) is 7.56. The zero-order chi connectivity index (χ0) is 13.3. The number of carbonyl (C=O) groups excluding carboxylic acids is 1. The minimum atomic E-state index is -0.0793. The number of hydrogen-bond donors (Lipinski definition) is 1. The molecule has 0 aliphatic carbocycles. The molecule has 1 fully saturated rings. The Morgan fingerprint density at radius 3 is 2.95 bits per heavy atom. The van der Waals surface area contributed by atoms with E-state index in [2.05, 4.69) is 27.2 Å². The van der Waals surface area contributed by atoms with Crippen molar-refractivity contribution in [2.24, 2.45) is 0 Å². The van der Waals surface area contributed by atoms with Crippen LogP contribution in [0.2, 0.25) is 0 Å². The van der Waals surface area contributed by atoms with E-state index in [0.29, 0.717) is 6.54 Å². The zero-order valence-corrected chi connectivity index (χ0v) is 10.8. The molecule has 1 aliphatic rings. The van der Waals surface area contributed by atoms with Crippen LogP contribution >= 0.6 is 0 Å². The van der Waals surface area contributed by atoms with Gasteiger partial charge < -0.3 is 10.1 Å². The molecule has 0 radical (unpaired) electrons. The highest BCUT2D eigenvalue weighted by atomic mass is 16.5. The predicted molar refractivity (Wildman–Crippen MR) is 70.3 cm³/mol. The van der Waals surface area contributed by atoms with Crippen molar-refractivity contribution in [3.05, 3.63) is 18.5 Å². The van der Waals surface area contributed by atoms with E-state index in [4.69, 9.17) is 4.74 Å². The Hall–Kier alpha value is -1.84. The Balaban J connectivity index is 1.59. The van der Waals surface area contributed by atoms with Crippen LogP contribution in [0, 0.1) is 11.8 Å². The second-order valence-electron chi connectivity index (χ2n) is 4.22. The largest absolute Gasteiger partial charge is 0.379 e. The summed E-state index contributed by atoms with van der Waals surface area (Å²) in [6.45, 7) is 4.77. The fourth-order valence-corrected chi connectivity index (χ4v) is 1.73. The summed E-state index contributed by atoms with van der Waals surface area (Å²) in [5.74, 6) is 5.92. The third kappa shape index (κ3) is 5.12. The molecule has 1 aromatic heterocycles. The molecular formula is C13H18N4O2. The summed E-state index contributed by atoms with van der Waals surface area (Å²) in [6, 6.07) is 1.79. The van der Waals surface area contributed by atoms with Crippen molar-refractivity contribution in [1.82, 2.24) is 20.0 Å². The third-order valence-corrected chi connectivity index (χ3v) is 2.77. The van der Waals surface area contributed by atoms with Crippen molar-refractivity contribution >= 4 is 5.91 Å². The third-order valence-electron chi connectivity index (χ3n) is 2.77. The predicted octanol–water partition coefficient (Wildman–Crippen LogP) is -0.665. The Morgan fingerprint density at radius 2 is 2.21 bits per heavy atom. The van der Waals surface area contributed by atoms with Crippen molar-refractivity contribution in [3.8, 4) is 11.8 Å². The first-order chi connectivity index (χ1) is 9.34. The van der Waals surface area contributed by atoms with E-state index < -0.39 is 0 Å². The number of hydrogen-bond acceptors (Lipinski definition) is 4. The lowest BCUT2D eigenvalue weighted by Gasteiger charge is -2.24. The normalized spacial score (nSPS) is 15.6. The number of aromatic nitrogens is 2. The smallest absolute Gasteiger partial charge is 0.242 e. The average molecular weight is 262 g/mol. The molecular weight excluding hydrogens is 244 g/mol. The average Bonchev–Trinajstić information content (AvgIpc) is 2.92. The van der Waals surface area contributed by atoms with Crippen molar-refractivity contribution < 1.29 is 9.53 Å². The first kappa shape index (κ1) is 13.6. The van der Waals surface area contributed by atoms with Crippen LogP contribution in [0.3, 0.4) is 0 Å². The van der Waals surface area contributed by atoms with Gasteiger partial charge in [-0.05, 0) is 6.07 Å². The van der Waals surface area contributed by atoms with E-state index in [1.54, 1.807) is 23.1 Å². The lowest BCUT2D eigenvalue weighted by Crippen LogP contribution is -2.36. The summed E-state index contributed by atoms with van der Waals surface area (Å²) in [4.78, 5) is 13.7. The highest BCUT2D eigenvalue weighted by molar-refractivity contribution is 5.75. The standard InChI is InChI=1S/C13H18N4O2/c18-13(12-17-7-3-5-15-17)14-4-1-2-6-16-8-10-19-11-9-16/h3,5,7H,4,6,8-12H2,(H,14,18). The number of rotatable bonds is 4. The van der Waals surface area contributed by atoms with Gasteiger partial charge in [-0.25, -0.2) is 0 Å². The number of amides is 1. The van der Waals surface area contributed by atoms with Crippen LogP contribution in [0.15, 0.2) is 18.5 Å². The summed E-state index contributed by atoms with van der Waals surface area (Å²) in [5.41, 5.74) is 0. The van der Waals surface area contributed by atoms with Crippen LogP contribution in [-0.2, 0) is 16.1 Å². The van der Waals surface area contributed by atoms with Crippen LogP contribution in [-0.4, -0.2) is 60.0 Å². The number of nitrogens with zero attached hydrogens (tertiary/aromatic N) is 3. The molecule has 0 bridgehead atoms. The number of carbonyl (C=O) groups is 1. The first-order valence-electron chi connectivity index (χ1n) is 6.34. The van der Waals surface area contributed by atoms with Crippen LogP contribution in [0.5, 0.6) is 0 Å². The maximum absolute atomic E-state index is 11.5. The van der Waals surface area contributed by atoms with E-state index in [1.165, 1.54) is 0 Å². The molecule has 0 aromatic carbocycles. The zero-order valence-electron chi connectivity index (χ0n) is 10.8. The fraction of sp³-hybridized carbons (Fsp3) is 0.538. The maximum Gasteiger partial charge on any atom is 0.242 e. The molecule has 0 saturated carbocycles. The Morgan fingerprint density at radius 1 is 1.37 bits per heavy atom. The molecule has 6 heteroatoms. The lowest BCUT2D eigenvalue weighted by atomic mass is 10.4. The summed E-state index contributed by atoms with van der Waals surface area (Å²) in [7, 11) is 0. The molecule has 1 aliphatic heterocycles. The van der Waals surface area contributed by atoms with Crippen molar-refractivity contribution in [2.45, 2.75) is 6.54 Å². The minimum Gasteiger partial charge on any atom is -0.379 e. The molecule has 1 amide bonds. The van der Waals surface area contributed by atoms with E-state index >= 15 is 0 Å². The van der Waals surface area contributed by atoms with E-state index in [0.717, 1.165) is 32.8 Å².